The number of amidine groups is 1. The summed E-state index contributed by atoms with van der Waals surface area (Å²) in [5, 5.41) is 26.0. The zero-order chi connectivity index (χ0) is 13.7. The van der Waals surface area contributed by atoms with Crippen LogP contribution in [0.25, 0.3) is 0 Å². The Morgan fingerprint density at radius 3 is 2.72 bits per heavy atom. The van der Waals surface area contributed by atoms with Crippen molar-refractivity contribution < 1.29 is 19.9 Å². The molecule has 0 aliphatic rings. The molecular formula is C9H12N4O4S. The van der Waals surface area contributed by atoms with E-state index in [1.54, 1.807) is 5.38 Å². The second-order valence-corrected chi connectivity index (χ2v) is 4.16. The van der Waals surface area contributed by atoms with E-state index in [2.05, 4.69) is 15.8 Å². The van der Waals surface area contributed by atoms with Crippen LogP contribution in [-0.4, -0.2) is 35.2 Å². The molecule has 1 atom stereocenters. The lowest BCUT2D eigenvalue weighted by molar-refractivity contribution is -0.122. The zero-order valence-electron chi connectivity index (χ0n) is 9.38. The number of oxime groups is 1. The van der Waals surface area contributed by atoms with Crippen molar-refractivity contribution in [2.24, 2.45) is 10.9 Å². The van der Waals surface area contributed by atoms with Crippen LogP contribution >= 0.6 is 11.3 Å². The largest absolute Gasteiger partial charge is 0.465 e. The lowest BCUT2D eigenvalue weighted by Crippen LogP contribution is -2.37. The Kier molecular flexibility index (Phi) is 4.49. The van der Waals surface area contributed by atoms with Crippen LogP contribution in [0, 0.1) is 0 Å². The molecule has 0 radical (unpaired) electrons. The fourth-order valence-corrected chi connectivity index (χ4v) is 2.18. The van der Waals surface area contributed by atoms with Gasteiger partial charge in [-0.2, -0.15) is 0 Å². The van der Waals surface area contributed by atoms with E-state index in [-0.39, 0.29) is 5.84 Å². The summed E-state index contributed by atoms with van der Waals surface area (Å²) >= 11 is 1.13. The first-order valence-corrected chi connectivity index (χ1v) is 5.65. The number of hydrogen-bond donors (Lipinski definition) is 5. The van der Waals surface area contributed by atoms with E-state index in [1.807, 2.05) is 0 Å². The van der Waals surface area contributed by atoms with Crippen LogP contribution in [0.15, 0.2) is 16.6 Å². The van der Waals surface area contributed by atoms with E-state index in [1.165, 1.54) is 13.1 Å². The number of nitrogens with zero attached hydrogens (tertiary/aromatic N) is 1. The van der Waals surface area contributed by atoms with Gasteiger partial charge in [-0.05, 0) is 6.07 Å². The summed E-state index contributed by atoms with van der Waals surface area (Å²) in [5.41, 5.74) is 5.80. The first-order valence-electron chi connectivity index (χ1n) is 4.77. The van der Waals surface area contributed by atoms with Gasteiger partial charge in [0.05, 0.1) is 0 Å². The van der Waals surface area contributed by atoms with E-state index in [0.29, 0.717) is 10.4 Å². The molecular weight excluding hydrogens is 260 g/mol. The number of rotatable bonds is 4. The normalized spacial score (nSPS) is 12.8. The Bertz CT molecular complexity index is 485. The molecule has 0 bridgehead atoms. The molecule has 1 rings (SSSR count). The lowest BCUT2D eigenvalue weighted by atomic mass is 10.2. The molecule has 0 saturated carbocycles. The zero-order valence-corrected chi connectivity index (χ0v) is 10.2. The molecule has 18 heavy (non-hydrogen) atoms. The van der Waals surface area contributed by atoms with Crippen molar-refractivity contribution in [2.45, 2.75) is 6.04 Å². The molecule has 0 aromatic carbocycles. The minimum Gasteiger partial charge on any atom is -0.465 e. The first kappa shape index (κ1) is 13.8. The predicted octanol–water partition coefficient (Wildman–Crippen LogP) is -0.103. The van der Waals surface area contributed by atoms with Gasteiger partial charge < -0.3 is 26.7 Å². The fraction of sp³-hybridized carbons (Fsp3) is 0.222. The quantitative estimate of drug-likeness (QED) is 0.225. The van der Waals surface area contributed by atoms with Crippen LogP contribution in [0.5, 0.6) is 0 Å². The first-order chi connectivity index (χ1) is 8.49. The molecule has 0 saturated heterocycles. The third-order valence-corrected chi connectivity index (χ3v) is 3.08. The molecule has 0 spiro atoms. The Morgan fingerprint density at radius 2 is 2.22 bits per heavy atom. The number of carbonyl (C=O) groups is 2. The van der Waals surface area contributed by atoms with Gasteiger partial charge >= 0.3 is 6.09 Å². The van der Waals surface area contributed by atoms with Gasteiger partial charge in [0.15, 0.2) is 5.84 Å². The average molecular weight is 272 g/mol. The van der Waals surface area contributed by atoms with Crippen LogP contribution in [0.1, 0.15) is 16.5 Å². The Labute approximate surface area is 106 Å². The van der Waals surface area contributed by atoms with Gasteiger partial charge in [-0.1, -0.05) is 5.16 Å². The maximum atomic E-state index is 11.6. The van der Waals surface area contributed by atoms with Gasteiger partial charge in [0.25, 0.3) is 0 Å². The van der Waals surface area contributed by atoms with E-state index >= 15 is 0 Å². The molecule has 6 N–H and O–H groups in total. The minimum absolute atomic E-state index is 0.108. The third-order valence-electron chi connectivity index (χ3n) is 2.08. The molecule has 1 aromatic rings. The van der Waals surface area contributed by atoms with Crippen LogP contribution < -0.4 is 16.4 Å². The van der Waals surface area contributed by atoms with Gasteiger partial charge in [0.2, 0.25) is 5.91 Å². The summed E-state index contributed by atoms with van der Waals surface area (Å²) in [4.78, 5) is 22.6. The number of carbonyl (C=O) groups excluding carboxylic acids is 1. The maximum Gasteiger partial charge on any atom is 0.405 e. The minimum atomic E-state index is -1.32. The van der Waals surface area contributed by atoms with Crippen molar-refractivity contribution in [2.75, 3.05) is 7.05 Å². The lowest BCUT2D eigenvalue weighted by Gasteiger charge is -2.13. The Balaban J connectivity index is 3.02. The standard InChI is InChI=1S/C9H12N4O4S/c1-11-8(14)6(12-9(15)16)5-2-4(3-18-5)7(10)13-17/h2-3,6,12,17H,1H3,(H2,10,13)(H,11,14)(H,15,16). The smallest absolute Gasteiger partial charge is 0.405 e. The molecule has 1 unspecified atom stereocenters. The highest BCUT2D eigenvalue weighted by Crippen LogP contribution is 2.22. The van der Waals surface area contributed by atoms with E-state index < -0.39 is 18.0 Å². The monoisotopic (exact) mass is 272 g/mol. The fourth-order valence-electron chi connectivity index (χ4n) is 1.23. The van der Waals surface area contributed by atoms with Crippen LogP contribution in [-0.2, 0) is 4.79 Å². The Morgan fingerprint density at radius 1 is 1.56 bits per heavy atom. The summed E-state index contributed by atoms with van der Waals surface area (Å²) in [6, 6.07) is 0.452. The molecule has 98 valence electrons. The van der Waals surface area contributed by atoms with Crippen molar-refractivity contribution in [3.8, 4) is 0 Å². The summed E-state index contributed by atoms with van der Waals surface area (Å²) in [7, 11) is 1.40. The number of hydrogen-bond acceptors (Lipinski definition) is 5. The van der Waals surface area contributed by atoms with Crippen molar-refractivity contribution in [3.05, 3.63) is 21.9 Å². The van der Waals surface area contributed by atoms with E-state index in [0.717, 1.165) is 11.3 Å². The summed E-state index contributed by atoms with van der Waals surface area (Å²) in [5.74, 6) is -0.603. The predicted molar refractivity (Wildman–Crippen MR) is 64.8 cm³/mol. The number of carboxylic acid groups (broad SMARTS) is 1. The summed E-state index contributed by atoms with van der Waals surface area (Å²) in [6.07, 6.45) is -1.32. The summed E-state index contributed by atoms with van der Waals surface area (Å²) < 4.78 is 0. The topological polar surface area (TPSA) is 137 Å². The number of likely N-dealkylation sites (N-methyl/N-ethyl adjacent to an activating group) is 1. The van der Waals surface area contributed by atoms with Gasteiger partial charge in [0.1, 0.15) is 6.04 Å². The molecule has 0 fully saturated rings. The van der Waals surface area contributed by atoms with E-state index in [4.69, 9.17) is 16.0 Å². The SMILES string of the molecule is CNC(=O)C(NC(=O)O)c1cc(C(N)=NO)cs1. The van der Waals surface area contributed by atoms with E-state index in [9.17, 15) is 9.59 Å². The second-order valence-electron chi connectivity index (χ2n) is 3.22. The average Bonchev–Trinajstić information content (AvgIpc) is 2.83. The molecule has 1 aromatic heterocycles. The van der Waals surface area contributed by atoms with Gasteiger partial charge in [0, 0.05) is 22.9 Å². The molecule has 9 heteroatoms. The van der Waals surface area contributed by atoms with Crippen molar-refractivity contribution in [3.63, 3.8) is 0 Å². The van der Waals surface area contributed by atoms with Crippen molar-refractivity contribution in [1.29, 1.82) is 0 Å². The third kappa shape index (κ3) is 3.10. The molecule has 0 aliphatic carbocycles. The number of nitrogens with one attached hydrogen (secondary N) is 2. The number of nitrogens with two attached hydrogens (primary N) is 1. The number of amides is 2. The highest BCUT2D eigenvalue weighted by atomic mass is 32.1. The highest BCUT2D eigenvalue weighted by molar-refractivity contribution is 7.10. The highest BCUT2D eigenvalue weighted by Gasteiger charge is 2.23. The summed E-state index contributed by atoms with van der Waals surface area (Å²) in [6.45, 7) is 0. The molecule has 0 aliphatic heterocycles. The molecule has 1 heterocycles. The second kappa shape index (κ2) is 5.87. The van der Waals surface area contributed by atoms with Gasteiger partial charge in [-0.3, -0.25) is 4.79 Å². The van der Waals surface area contributed by atoms with Gasteiger partial charge in [-0.25, -0.2) is 4.79 Å². The van der Waals surface area contributed by atoms with Gasteiger partial charge in [-0.15, -0.1) is 11.3 Å². The Hall–Kier alpha value is -2.29. The van der Waals surface area contributed by atoms with Crippen LogP contribution in [0.2, 0.25) is 0 Å². The van der Waals surface area contributed by atoms with Crippen molar-refractivity contribution in [1.82, 2.24) is 10.6 Å². The van der Waals surface area contributed by atoms with Crippen molar-refractivity contribution >= 4 is 29.2 Å². The molecule has 2 amide bonds. The molecule has 8 nitrogen and oxygen atoms in total. The van der Waals surface area contributed by atoms with Crippen LogP contribution in [0.3, 0.4) is 0 Å². The maximum absolute atomic E-state index is 11.6. The number of thiophene rings is 1. The van der Waals surface area contributed by atoms with Crippen LogP contribution in [0.4, 0.5) is 4.79 Å².